The fraction of sp³-hybridized carbons (Fsp3) is 0.381. The number of sulfonamides is 2. The third-order valence-corrected chi connectivity index (χ3v) is 8.73. The number of amides is 1. The third kappa shape index (κ3) is 4.63. The Morgan fingerprint density at radius 1 is 0.909 bits per heavy atom. The van der Waals surface area contributed by atoms with Crippen LogP contribution in [0.4, 0.5) is 5.69 Å². The van der Waals surface area contributed by atoms with Crippen LogP contribution in [0.2, 0.25) is 0 Å². The van der Waals surface area contributed by atoms with Crippen LogP contribution in [0, 0.1) is 0 Å². The summed E-state index contributed by atoms with van der Waals surface area (Å²) in [6.07, 6.45) is 1.07. The Labute approximate surface area is 193 Å². The van der Waals surface area contributed by atoms with Crippen LogP contribution in [-0.2, 0) is 20.0 Å². The molecule has 0 unspecified atom stereocenters. The molecule has 0 radical (unpaired) electrons. The van der Waals surface area contributed by atoms with Gasteiger partial charge in [-0.2, -0.15) is 4.31 Å². The Morgan fingerprint density at radius 2 is 1.55 bits per heavy atom. The van der Waals surface area contributed by atoms with Gasteiger partial charge in [0.05, 0.1) is 22.4 Å². The Hall–Kier alpha value is -2.83. The molecule has 2 aromatic carbocycles. The maximum atomic E-state index is 13.1. The lowest BCUT2D eigenvalue weighted by atomic mass is 10.1. The molecule has 2 heterocycles. The van der Waals surface area contributed by atoms with Crippen LogP contribution in [0.3, 0.4) is 0 Å². The molecule has 0 bridgehead atoms. The number of hydrogen-bond donors (Lipinski definition) is 0. The summed E-state index contributed by atoms with van der Waals surface area (Å²) in [4.78, 5) is 14.8. The number of piperazine rings is 1. The molecule has 12 heteroatoms. The van der Waals surface area contributed by atoms with E-state index in [-0.39, 0.29) is 48.2 Å². The van der Waals surface area contributed by atoms with Gasteiger partial charge in [0.15, 0.2) is 11.5 Å². The third-order valence-electron chi connectivity index (χ3n) is 5.65. The van der Waals surface area contributed by atoms with E-state index >= 15 is 0 Å². The van der Waals surface area contributed by atoms with E-state index in [4.69, 9.17) is 9.47 Å². The largest absolute Gasteiger partial charge is 0.486 e. The van der Waals surface area contributed by atoms with Crippen molar-refractivity contribution in [3.05, 3.63) is 48.0 Å². The monoisotopic (exact) mass is 495 g/mol. The van der Waals surface area contributed by atoms with Gasteiger partial charge >= 0.3 is 0 Å². The fourth-order valence-corrected chi connectivity index (χ4v) is 5.70. The zero-order valence-corrected chi connectivity index (χ0v) is 19.9. The molecular formula is C21H25N3O7S2. The lowest BCUT2D eigenvalue weighted by Gasteiger charge is -2.34. The predicted octanol–water partition coefficient (Wildman–Crippen LogP) is 1.00. The van der Waals surface area contributed by atoms with Crippen molar-refractivity contribution in [3.8, 4) is 11.5 Å². The average Bonchev–Trinajstić information content (AvgIpc) is 2.82. The minimum atomic E-state index is -3.78. The lowest BCUT2D eigenvalue weighted by molar-refractivity contribution is 0.0698. The summed E-state index contributed by atoms with van der Waals surface area (Å²) in [7, 11) is -5.94. The van der Waals surface area contributed by atoms with Crippen LogP contribution in [0.15, 0.2) is 47.4 Å². The number of carbonyl (C=O) groups excluding carboxylic acids is 1. The van der Waals surface area contributed by atoms with Crippen molar-refractivity contribution < 1.29 is 31.1 Å². The normalized spacial score (nSPS) is 17.0. The van der Waals surface area contributed by atoms with E-state index in [1.54, 1.807) is 30.3 Å². The van der Waals surface area contributed by atoms with Gasteiger partial charge in [-0.25, -0.2) is 16.8 Å². The average molecular weight is 496 g/mol. The number of hydrogen-bond acceptors (Lipinski definition) is 7. The molecule has 1 fully saturated rings. The molecule has 1 saturated heterocycles. The number of anilines is 1. The summed E-state index contributed by atoms with van der Waals surface area (Å²) in [5.74, 6) is 0.550. The zero-order valence-electron chi connectivity index (χ0n) is 18.3. The number of para-hydroxylation sites is 1. The van der Waals surface area contributed by atoms with Crippen molar-refractivity contribution in [1.82, 2.24) is 9.21 Å². The minimum absolute atomic E-state index is 0.103. The Balaban J connectivity index is 1.49. The van der Waals surface area contributed by atoms with E-state index in [9.17, 15) is 21.6 Å². The van der Waals surface area contributed by atoms with Crippen LogP contribution < -0.4 is 13.8 Å². The van der Waals surface area contributed by atoms with Crippen LogP contribution in [-0.4, -0.2) is 84.6 Å². The topological polar surface area (TPSA) is 114 Å². The van der Waals surface area contributed by atoms with Gasteiger partial charge in [0.2, 0.25) is 20.0 Å². The number of benzene rings is 2. The molecule has 0 spiro atoms. The highest BCUT2D eigenvalue weighted by Gasteiger charge is 2.32. The number of rotatable bonds is 5. The van der Waals surface area contributed by atoms with E-state index in [2.05, 4.69) is 0 Å². The molecule has 2 aliphatic heterocycles. The van der Waals surface area contributed by atoms with Crippen LogP contribution in [0.1, 0.15) is 10.4 Å². The summed E-state index contributed by atoms with van der Waals surface area (Å²) in [5.41, 5.74) is 0.518. The SMILES string of the molecule is CN(c1ccccc1C(=O)N1CCN(S(=O)(=O)c2ccc3c(c2)OCCO3)CC1)S(C)(=O)=O. The molecule has 4 rings (SSSR count). The molecule has 2 aliphatic rings. The van der Waals surface area contributed by atoms with Gasteiger partial charge in [0, 0.05) is 39.3 Å². The minimum Gasteiger partial charge on any atom is -0.486 e. The molecule has 33 heavy (non-hydrogen) atoms. The number of nitrogens with zero attached hydrogens (tertiary/aromatic N) is 3. The second-order valence-electron chi connectivity index (χ2n) is 7.75. The molecule has 10 nitrogen and oxygen atoms in total. The van der Waals surface area contributed by atoms with Gasteiger partial charge in [-0.15, -0.1) is 0 Å². The van der Waals surface area contributed by atoms with E-state index in [0.29, 0.717) is 24.7 Å². The summed E-state index contributed by atoms with van der Waals surface area (Å²) in [5, 5.41) is 0. The van der Waals surface area contributed by atoms with Gasteiger partial charge < -0.3 is 14.4 Å². The molecular weight excluding hydrogens is 470 g/mol. The highest BCUT2D eigenvalue weighted by Crippen LogP contribution is 2.33. The van der Waals surface area contributed by atoms with Gasteiger partial charge in [-0.3, -0.25) is 9.10 Å². The Kier molecular flexibility index (Phi) is 6.25. The standard InChI is InChI=1S/C21H25N3O7S2/c1-22(32(2,26)27)18-6-4-3-5-17(18)21(25)23-9-11-24(12-10-23)33(28,29)16-7-8-19-20(15-16)31-14-13-30-19/h3-8,15H,9-14H2,1-2H3. The molecule has 0 atom stereocenters. The first-order chi connectivity index (χ1) is 15.6. The first-order valence-corrected chi connectivity index (χ1v) is 13.6. The van der Waals surface area contributed by atoms with E-state index in [0.717, 1.165) is 10.6 Å². The van der Waals surface area contributed by atoms with Crippen molar-refractivity contribution >= 4 is 31.6 Å². The van der Waals surface area contributed by atoms with Crippen molar-refractivity contribution in [1.29, 1.82) is 0 Å². The van der Waals surface area contributed by atoms with E-state index in [1.807, 2.05) is 0 Å². The van der Waals surface area contributed by atoms with Crippen LogP contribution >= 0.6 is 0 Å². The maximum absolute atomic E-state index is 13.1. The van der Waals surface area contributed by atoms with E-state index < -0.39 is 20.0 Å². The second-order valence-corrected chi connectivity index (χ2v) is 11.7. The lowest BCUT2D eigenvalue weighted by Crippen LogP contribution is -2.50. The number of fused-ring (bicyclic) bond motifs is 1. The van der Waals surface area contributed by atoms with Gasteiger partial charge in [-0.05, 0) is 24.3 Å². The zero-order chi connectivity index (χ0) is 23.8. The molecule has 0 saturated carbocycles. The first-order valence-electron chi connectivity index (χ1n) is 10.3. The molecule has 0 aromatic heterocycles. The fourth-order valence-electron chi connectivity index (χ4n) is 3.74. The molecule has 0 aliphatic carbocycles. The highest BCUT2D eigenvalue weighted by atomic mass is 32.2. The Bertz CT molecular complexity index is 1270. The van der Waals surface area contributed by atoms with Crippen molar-refractivity contribution in [3.63, 3.8) is 0 Å². The van der Waals surface area contributed by atoms with Gasteiger partial charge in [0.1, 0.15) is 13.2 Å². The molecule has 1 amide bonds. The second kappa shape index (κ2) is 8.84. The number of ether oxygens (including phenoxy) is 2. The van der Waals surface area contributed by atoms with Gasteiger partial charge in [-0.1, -0.05) is 12.1 Å². The number of carbonyl (C=O) groups is 1. The molecule has 0 N–H and O–H groups in total. The van der Waals surface area contributed by atoms with Gasteiger partial charge in [0.25, 0.3) is 5.91 Å². The summed E-state index contributed by atoms with van der Waals surface area (Å²) >= 11 is 0. The van der Waals surface area contributed by atoms with Crippen molar-refractivity contribution in [2.45, 2.75) is 4.90 Å². The summed E-state index contributed by atoms with van der Waals surface area (Å²) in [6, 6.07) is 11.0. The molecule has 178 valence electrons. The van der Waals surface area contributed by atoms with Crippen LogP contribution in [0.25, 0.3) is 0 Å². The van der Waals surface area contributed by atoms with Crippen LogP contribution in [0.5, 0.6) is 11.5 Å². The maximum Gasteiger partial charge on any atom is 0.256 e. The highest BCUT2D eigenvalue weighted by molar-refractivity contribution is 7.92. The quantitative estimate of drug-likeness (QED) is 0.608. The van der Waals surface area contributed by atoms with Crippen molar-refractivity contribution in [2.24, 2.45) is 0 Å². The Morgan fingerprint density at radius 3 is 2.21 bits per heavy atom. The predicted molar refractivity (Wildman–Crippen MR) is 122 cm³/mol. The smallest absolute Gasteiger partial charge is 0.256 e. The van der Waals surface area contributed by atoms with E-state index in [1.165, 1.54) is 28.4 Å². The summed E-state index contributed by atoms with van der Waals surface area (Å²) < 4.78 is 63.5. The molecule has 2 aromatic rings. The first kappa shape index (κ1) is 23.3. The summed E-state index contributed by atoms with van der Waals surface area (Å²) in [6.45, 7) is 1.36. The van der Waals surface area contributed by atoms with Crippen molar-refractivity contribution in [2.75, 3.05) is 57.0 Å².